The van der Waals surface area contributed by atoms with Crippen molar-refractivity contribution >= 4 is 23.5 Å². The van der Waals surface area contributed by atoms with Crippen molar-refractivity contribution in [2.75, 3.05) is 6.54 Å². The Morgan fingerprint density at radius 1 is 1.14 bits per heavy atom. The molecule has 0 bridgehead atoms. The van der Waals surface area contributed by atoms with E-state index >= 15 is 0 Å². The molecule has 192 valence electrons. The number of aromatic nitrogens is 3. The average Bonchev–Trinajstić information content (AvgIpc) is 3.21. The average molecular weight is 535 g/mol. The van der Waals surface area contributed by atoms with Gasteiger partial charge in [0.2, 0.25) is 0 Å². The molecule has 2 aromatic heterocycles. The largest absolute Gasteiger partial charge is 0.472 e. The molecule has 3 amide bonds. The van der Waals surface area contributed by atoms with Crippen molar-refractivity contribution in [2.45, 2.75) is 26.1 Å². The third-order valence-electron chi connectivity index (χ3n) is 4.79. The molecule has 1 atom stereocenters. The number of nitrogens with zero attached hydrogens (tertiary/aromatic N) is 4. The van der Waals surface area contributed by atoms with Crippen LogP contribution in [0.1, 0.15) is 25.6 Å². The van der Waals surface area contributed by atoms with Gasteiger partial charge in [0.25, 0.3) is 0 Å². The van der Waals surface area contributed by atoms with Crippen LogP contribution in [0.3, 0.4) is 0 Å². The first-order valence-corrected chi connectivity index (χ1v) is 10.5. The molecule has 15 heteroatoms. The molecule has 0 aliphatic heterocycles. The molecule has 2 heterocycles. The Morgan fingerprint density at radius 2 is 1.83 bits per heavy atom. The van der Waals surface area contributed by atoms with Crippen LogP contribution in [0.25, 0.3) is 16.8 Å². The van der Waals surface area contributed by atoms with Crippen LogP contribution < -0.4 is 10.7 Å². The number of pyridine rings is 1. The summed E-state index contributed by atoms with van der Waals surface area (Å²) in [4.78, 5) is 27.3. The Bertz CT molecular complexity index is 1300. The van der Waals surface area contributed by atoms with Crippen molar-refractivity contribution in [1.29, 1.82) is 0 Å². The molecule has 0 aliphatic carbocycles. The zero-order chi connectivity index (χ0) is 26.8. The van der Waals surface area contributed by atoms with Gasteiger partial charge in [-0.05, 0) is 32.0 Å². The maximum atomic E-state index is 15.0. The molecule has 0 fully saturated rings. The standard InChI is InChI=1S/C21H17ClF6N6O2/c1-3-33(32-19(35)21(26,27)28)20(36)31-10(2)17-15(24)4-11(7-29-17)14-5-12(22)6-16(25)18(14)34-9-13(23)8-30-34/h4-10H,3H2,1-2H3,(H,31,36)(H,32,35). The third-order valence-corrected chi connectivity index (χ3v) is 5.01. The van der Waals surface area contributed by atoms with Crippen molar-refractivity contribution in [3.8, 4) is 16.8 Å². The van der Waals surface area contributed by atoms with Gasteiger partial charge in [-0.25, -0.2) is 27.7 Å². The first-order valence-electron chi connectivity index (χ1n) is 10.1. The van der Waals surface area contributed by atoms with Crippen LogP contribution in [0, 0.1) is 17.5 Å². The first-order chi connectivity index (χ1) is 16.8. The molecule has 1 aromatic carbocycles. The number of nitrogens with one attached hydrogen (secondary N) is 2. The topological polar surface area (TPSA) is 92.2 Å². The Morgan fingerprint density at radius 3 is 2.39 bits per heavy atom. The summed E-state index contributed by atoms with van der Waals surface area (Å²) in [5.41, 5.74) is 0.941. The van der Waals surface area contributed by atoms with Crippen LogP contribution in [-0.4, -0.2) is 44.4 Å². The Hall–Kier alpha value is -3.81. The molecule has 36 heavy (non-hydrogen) atoms. The molecule has 0 radical (unpaired) electrons. The van der Waals surface area contributed by atoms with Gasteiger partial charge >= 0.3 is 18.1 Å². The Labute approximate surface area is 204 Å². The highest BCUT2D eigenvalue weighted by Crippen LogP contribution is 2.33. The van der Waals surface area contributed by atoms with Gasteiger partial charge in [0.1, 0.15) is 11.5 Å². The number of hydrazine groups is 1. The van der Waals surface area contributed by atoms with Gasteiger partial charge in [0, 0.05) is 28.9 Å². The Kier molecular flexibility index (Phi) is 7.77. The fourth-order valence-electron chi connectivity index (χ4n) is 3.15. The van der Waals surface area contributed by atoms with Crippen molar-refractivity contribution in [1.82, 2.24) is 30.5 Å². The number of hydrogen-bond acceptors (Lipinski definition) is 4. The molecule has 0 spiro atoms. The second-order valence-electron chi connectivity index (χ2n) is 7.33. The Balaban J connectivity index is 1.87. The summed E-state index contributed by atoms with van der Waals surface area (Å²) in [5.74, 6) is -4.93. The smallest absolute Gasteiger partial charge is 0.328 e. The van der Waals surface area contributed by atoms with Crippen molar-refractivity contribution in [3.05, 3.63) is 65.0 Å². The predicted molar refractivity (Wildman–Crippen MR) is 115 cm³/mol. The number of hydrogen-bond donors (Lipinski definition) is 2. The van der Waals surface area contributed by atoms with Gasteiger partial charge in [-0.2, -0.15) is 18.3 Å². The van der Waals surface area contributed by atoms with E-state index in [9.17, 15) is 35.9 Å². The fourth-order valence-corrected chi connectivity index (χ4v) is 3.35. The highest BCUT2D eigenvalue weighted by atomic mass is 35.5. The minimum atomic E-state index is -5.22. The normalized spacial score (nSPS) is 12.2. The SMILES string of the molecule is CCN(NC(=O)C(F)(F)F)C(=O)NC(C)c1ncc(-c2cc(Cl)cc(F)c2-n2cc(F)cn2)cc1F. The fraction of sp³-hybridized carbons (Fsp3) is 0.238. The number of amides is 3. The zero-order valence-electron chi connectivity index (χ0n) is 18.5. The first kappa shape index (κ1) is 26.8. The quantitative estimate of drug-likeness (QED) is 0.367. The molecule has 0 saturated carbocycles. The van der Waals surface area contributed by atoms with Crippen LogP contribution >= 0.6 is 11.6 Å². The van der Waals surface area contributed by atoms with Gasteiger partial charge in [-0.3, -0.25) is 15.2 Å². The minimum Gasteiger partial charge on any atom is -0.328 e. The lowest BCUT2D eigenvalue weighted by Gasteiger charge is -2.24. The summed E-state index contributed by atoms with van der Waals surface area (Å²) in [7, 11) is 0. The summed E-state index contributed by atoms with van der Waals surface area (Å²) in [6.45, 7) is 2.29. The van der Waals surface area contributed by atoms with Crippen LogP contribution in [0.4, 0.5) is 31.1 Å². The van der Waals surface area contributed by atoms with E-state index in [4.69, 9.17) is 11.6 Å². The molecule has 0 aliphatic rings. The van der Waals surface area contributed by atoms with E-state index in [-0.39, 0.29) is 34.1 Å². The molecular formula is C21H17ClF6N6O2. The number of urea groups is 1. The molecular weight excluding hydrogens is 518 g/mol. The highest BCUT2D eigenvalue weighted by molar-refractivity contribution is 6.31. The van der Waals surface area contributed by atoms with Gasteiger partial charge in [0.15, 0.2) is 11.6 Å². The van der Waals surface area contributed by atoms with Gasteiger partial charge in [0.05, 0.1) is 24.1 Å². The lowest BCUT2D eigenvalue weighted by molar-refractivity contribution is -0.177. The molecule has 1 unspecified atom stereocenters. The van der Waals surface area contributed by atoms with E-state index in [1.165, 1.54) is 25.3 Å². The number of carbonyl (C=O) groups is 2. The summed E-state index contributed by atoms with van der Waals surface area (Å²) < 4.78 is 81.4. The van der Waals surface area contributed by atoms with E-state index in [1.54, 1.807) is 0 Å². The van der Waals surface area contributed by atoms with Gasteiger partial charge < -0.3 is 5.32 Å². The van der Waals surface area contributed by atoms with Crippen LogP contribution in [0.2, 0.25) is 5.02 Å². The number of rotatable bonds is 5. The summed E-state index contributed by atoms with van der Waals surface area (Å²) in [6, 6.07) is 0.922. The molecule has 3 aromatic rings. The molecule has 2 N–H and O–H groups in total. The third kappa shape index (κ3) is 5.87. The van der Waals surface area contributed by atoms with Crippen molar-refractivity contribution in [2.24, 2.45) is 0 Å². The maximum absolute atomic E-state index is 15.0. The minimum absolute atomic E-state index is 0.0322. The van der Waals surface area contributed by atoms with E-state index in [0.717, 1.165) is 35.4 Å². The van der Waals surface area contributed by atoms with E-state index in [2.05, 4.69) is 15.4 Å². The number of halogens is 7. The highest BCUT2D eigenvalue weighted by Gasteiger charge is 2.40. The predicted octanol–water partition coefficient (Wildman–Crippen LogP) is 4.69. The van der Waals surface area contributed by atoms with Crippen LogP contribution in [0.15, 0.2) is 36.8 Å². The molecule has 8 nitrogen and oxygen atoms in total. The van der Waals surface area contributed by atoms with Crippen LogP contribution in [0.5, 0.6) is 0 Å². The lowest BCUT2D eigenvalue weighted by Crippen LogP contribution is -2.54. The van der Waals surface area contributed by atoms with Gasteiger partial charge in [-0.1, -0.05) is 11.6 Å². The van der Waals surface area contributed by atoms with E-state index < -0.39 is 41.6 Å². The monoisotopic (exact) mass is 534 g/mol. The maximum Gasteiger partial charge on any atom is 0.472 e. The zero-order valence-corrected chi connectivity index (χ0v) is 19.3. The number of alkyl halides is 3. The van der Waals surface area contributed by atoms with E-state index in [1.807, 2.05) is 0 Å². The summed E-state index contributed by atoms with van der Waals surface area (Å²) >= 11 is 5.94. The van der Waals surface area contributed by atoms with E-state index in [0.29, 0.717) is 5.01 Å². The second-order valence-corrected chi connectivity index (χ2v) is 7.77. The van der Waals surface area contributed by atoms with Crippen LogP contribution in [-0.2, 0) is 4.79 Å². The molecule has 3 rings (SSSR count). The second kappa shape index (κ2) is 10.4. The molecule has 0 saturated heterocycles. The summed E-state index contributed by atoms with van der Waals surface area (Å²) in [6.07, 6.45) is -2.33. The van der Waals surface area contributed by atoms with Crippen molar-refractivity contribution < 1.29 is 35.9 Å². The summed E-state index contributed by atoms with van der Waals surface area (Å²) in [5, 5.41) is 6.27. The lowest BCUT2D eigenvalue weighted by atomic mass is 10.0. The van der Waals surface area contributed by atoms with Gasteiger partial charge in [-0.15, -0.1) is 0 Å². The number of carbonyl (C=O) groups excluding carboxylic acids is 2. The van der Waals surface area contributed by atoms with Crippen molar-refractivity contribution in [3.63, 3.8) is 0 Å². The number of benzene rings is 1.